The van der Waals surface area contributed by atoms with Gasteiger partial charge in [0.25, 0.3) is 0 Å². The van der Waals surface area contributed by atoms with Crippen LogP contribution in [0.1, 0.15) is 67.9 Å². The van der Waals surface area contributed by atoms with Gasteiger partial charge in [-0.2, -0.15) is 0 Å². The van der Waals surface area contributed by atoms with Gasteiger partial charge < -0.3 is 24.8 Å². The van der Waals surface area contributed by atoms with Crippen molar-refractivity contribution >= 4 is 17.7 Å². The molecule has 2 amide bonds. The van der Waals surface area contributed by atoms with Crippen molar-refractivity contribution in [3.8, 4) is 0 Å². The van der Waals surface area contributed by atoms with Gasteiger partial charge in [-0.25, -0.2) is 9.59 Å². The number of rotatable bonds is 10. The van der Waals surface area contributed by atoms with E-state index >= 15 is 0 Å². The number of hydrogen-bond donors (Lipinski definition) is 2. The minimum atomic E-state index is -0.923. The van der Waals surface area contributed by atoms with Crippen LogP contribution in [0.3, 0.4) is 0 Å². The first-order valence-electron chi connectivity index (χ1n) is 12.8. The SMILES string of the molecule is Cc1cccc(COC2CCCC(OCCN(CC(C)(C)C)C(=O)Nc3ccccc3)C2)c1C(=O)O. The predicted octanol–water partition coefficient (Wildman–Crippen LogP) is 6.12. The molecule has 2 N–H and O–H groups in total. The second kappa shape index (κ2) is 12.9. The maximum atomic E-state index is 12.9. The highest BCUT2D eigenvalue weighted by atomic mass is 16.5. The first kappa shape index (κ1) is 27.7. The fraction of sp³-hybridized carbons (Fsp3) is 0.517. The molecule has 0 aromatic heterocycles. The van der Waals surface area contributed by atoms with Crippen molar-refractivity contribution in [2.75, 3.05) is 25.0 Å². The molecular formula is C29H40N2O5. The molecule has 0 saturated heterocycles. The van der Waals surface area contributed by atoms with Gasteiger partial charge in [-0.05, 0) is 61.3 Å². The number of carbonyl (C=O) groups is 2. The standard InChI is InChI=1S/C29H40N2O5/c1-21-10-8-11-22(26(21)27(32)33)19-36-25-15-9-14-24(18-25)35-17-16-31(20-29(2,3)4)28(34)30-23-12-6-5-7-13-23/h5-8,10-13,24-25H,9,14-20H2,1-4H3,(H,30,34)(H,32,33). The van der Waals surface area contributed by atoms with Crippen molar-refractivity contribution < 1.29 is 24.2 Å². The number of amides is 2. The lowest BCUT2D eigenvalue weighted by Crippen LogP contribution is -2.43. The molecule has 7 heteroatoms. The molecular weight excluding hydrogens is 456 g/mol. The number of hydrogen-bond acceptors (Lipinski definition) is 4. The van der Waals surface area contributed by atoms with Crippen LogP contribution in [0.2, 0.25) is 0 Å². The molecule has 36 heavy (non-hydrogen) atoms. The Morgan fingerprint density at radius 3 is 2.39 bits per heavy atom. The number of urea groups is 1. The highest BCUT2D eigenvalue weighted by molar-refractivity contribution is 5.91. The highest BCUT2D eigenvalue weighted by Gasteiger charge is 2.25. The van der Waals surface area contributed by atoms with Gasteiger partial charge in [0.2, 0.25) is 0 Å². The molecule has 1 saturated carbocycles. The number of carboxylic acid groups (broad SMARTS) is 1. The molecule has 7 nitrogen and oxygen atoms in total. The van der Waals surface area contributed by atoms with Crippen molar-refractivity contribution in [1.29, 1.82) is 0 Å². The molecule has 0 heterocycles. The second-order valence-corrected chi connectivity index (χ2v) is 10.8. The van der Waals surface area contributed by atoms with E-state index in [1.54, 1.807) is 13.0 Å². The summed E-state index contributed by atoms with van der Waals surface area (Å²) in [6.45, 7) is 10.0. The Kier molecular flexibility index (Phi) is 9.90. The molecule has 2 aromatic rings. The smallest absolute Gasteiger partial charge is 0.336 e. The number of ether oxygens (including phenoxy) is 2. The van der Waals surface area contributed by atoms with E-state index in [-0.39, 0.29) is 30.3 Å². The fourth-order valence-corrected chi connectivity index (χ4v) is 4.65. The van der Waals surface area contributed by atoms with Crippen molar-refractivity contribution in [1.82, 2.24) is 4.90 Å². The normalized spacial score (nSPS) is 18.0. The largest absolute Gasteiger partial charge is 0.478 e. The summed E-state index contributed by atoms with van der Waals surface area (Å²) in [6.07, 6.45) is 3.75. The lowest BCUT2D eigenvalue weighted by atomic mass is 9.94. The van der Waals surface area contributed by atoms with E-state index in [0.29, 0.717) is 30.8 Å². The van der Waals surface area contributed by atoms with E-state index in [1.807, 2.05) is 47.4 Å². The van der Waals surface area contributed by atoms with Gasteiger partial charge >= 0.3 is 12.0 Å². The van der Waals surface area contributed by atoms with Crippen LogP contribution in [0, 0.1) is 12.3 Å². The van der Waals surface area contributed by atoms with E-state index < -0.39 is 5.97 Å². The van der Waals surface area contributed by atoms with Crippen molar-refractivity contribution in [2.24, 2.45) is 5.41 Å². The maximum absolute atomic E-state index is 12.9. The molecule has 2 unspecified atom stereocenters. The minimum Gasteiger partial charge on any atom is -0.478 e. The zero-order valence-corrected chi connectivity index (χ0v) is 22.0. The van der Waals surface area contributed by atoms with Crippen LogP contribution in [0.25, 0.3) is 0 Å². The Morgan fingerprint density at radius 2 is 1.72 bits per heavy atom. The average molecular weight is 497 g/mol. The van der Waals surface area contributed by atoms with E-state index in [0.717, 1.165) is 36.9 Å². The molecule has 196 valence electrons. The zero-order valence-electron chi connectivity index (χ0n) is 22.0. The topological polar surface area (TPSA) is 88.1 Å². The Morgan fingerprint density at radius 1 is 1.03 bits per heavy atom. The predicted molar refractivity (Wildman–Crippen MR) is 141 cm³/mol. The van der Waals surface area contributed by atoms with Gasteiger partial charge in [-0.1, -0.05) is 57.2 Å². The third-order valence-corrected chi connectivity index (χ3v) is 6.32. The van der Waals surface area contributed by atoms with E-state index in [1.165, 1.54) is 0 Å². The molecule has 0 aliphatic heterocycles. The second-order valence-electron chi connectivity index (χ2n) is 10.8. The summed E-state index contributed by atoms with van der Waals surface area (Å²) in [5, 5.41) is 12.5. The van der Waals surface area contributed by atoms with Crippen LogP contribution < -0.4 is 5.32 Å². The highest BCUT2D eigenvalue weighted by Crippen LogP contribution is 2.26. The Labute approximate surface area is 214 Å². The number of nitrogens with zero attached hydrogens (tertiary/aromatic N) is 1. The van der Waals surface area contributed by atoms with Crippen LogP contribution >= 0.6 is 0 Å². The van der Waals surface area contributed by atoms with E-state index in [4.69, 9.17) is 9.47 Å². The number of carboxylic acids is 1. The molecule has 0 radical (unpaired) electrons. The summed E-state index contributed by atoms with van der Waals surface area (Å²) in [7, 11) is 0. The van der Waals surface area contributed by atoms with Crippen LogP contribution in [0.4, 0.5) is 10.5 Å². The van der Waals surface area contributed by atoms with Gasteiger partial charge in [0.05, 0.1) is 31.0 Å². The minimum absolute atomic E-state index is 0.0259. The number of aryl methyl sites for hydroxylation is 1. The van der Waals surface area contributed by atoms with E-state index in [2.05, 4.69) is 26.1 Å². The summed E-state index contributed by atoms with van der Waals surface area (Å²) >= 11 is 0. The lowest BCUT2D eigenvalue weighted by molar-refractivity contribution is -0.0528. The first-order valence-corrected chi connectivity index (χ1v) is 12.8. The van der Waals surface area contributed by atoms with Gasteiger partial charge in [-0.15, -0.1) is 0 Å². The lowest BCUT2D eigenvalue weighted by Gasteiger charge is -2.32. The van der Waals surface area contributed by atoms with Gasteiger partial charge in [0, 0.05) is 18.8 Å². The number of carbonyl (C=O) groups excluding carboxylic acids is 1. The number of anilines is 1. The molecule has 1 aliphatic rings. The van der Waals surface area contributed by atoms with Crippen LogP contribution in [0.5, 0.6) is 0 Å². The number of para-hydroxylation sites is 1. The van der Waals surface area contributed by atoms with Crippen molar-refractivity contribution in [3.05, 3.63) is 65.2 Å². The van der Waals surface area contributed by atoms with Gasteiger partial charge in [0.15, 0.2) is 0 Å². The van der Waals surface area contributed by atoms with Crippen LogP contribution in [-0.2, 0) is 16.1 Å². The Bertz CT molecular complexity index is 1000. The third-order valence-electron chi connectivity index (χ3n) is 6.32. The van der Waals surface area contributed by atoms with Gasteiger partial charge in [0.1, 0.15) is 0 Å². The quantitative estimate of drug-likeness (QED) is 0.414. The monoisotopic (exact) mass is 496 g/mol. The number of nitrogens with one attached hydrogen (secondary N) is 1. The van der Waals surface area contributed by atoms with Crippen molar-refractivity contribution in [3.63, 3.8) is 0 Å². The molecule has 0 spiro atoms. The third kappa shape index (κ3) is 8.64. The Hall–Kier alpha value is -2.90. The summed E-state index contributed by atoms with van der Waals surface area (Å²) < 4.78 is 12.3. The molecule has 2 atom stereocenters. The van der Waals surface area contributed by atoms with E-state index in [9.17, 15) is 14.7 Å². The van der Waals surface area contributed by atoms with Gasteiger partial charge in [-0.3, -0.25) is 0 Å². The van der Waals surface area contributed by atoms with Crippen molar-refractivity contribution in [2.45, 2.75) is 72.2 Å². The summed E-state index contributed by atoms with van der Waals surface area (Å²) in [4.78, 5) is 26.4. The molecule has 1 aliphatic carbocycles. The van der Waals surface area contributed by atoms with Crippen LogP contribution in [0.15, 0.2) is 48.5 Å². The Balaban J connectivity index is 1.50. The summed E-state index contributed by atoms with van der Waals surface area (Å²) in [6, 6.07) is 14.8. The number of aromatic carboxylic acids is 1. The first-order chi connectivity index (χ1) is 17.1. The molecule has 2 aromatic carbocycles. The fourth-order valence-electron chi connectivity index (χ4n) is 4.65. The average Bonchev–Trinajstić information content (AvgIpc) is 2.82. The molecule has 0 bridgehead atoms. The number of benzene rings is 2. The summed E-state index contributed by atoms with van der Waals surface area (Å²) in [5.74, 6) is -0.923. The molecule has 1 fully saturated rings. The zero-order chi connectivity index (χ0) is 26.1. The van der Waals surface area contributed by atoms with Crippen LogP contribution in [-0.4, -0.2) is 53.9 Å². The summed E-state index contributed by atoms with van der Waals surface area (Å²) in [5.41, 5.74) is 2.50. The molecule has 3 rings (SSSR count). The maximum Gasteiger partial charge on any atom is 0.336 e.